The number of carbonyl (C=O) groups excluding carboxylic acids is 1. The molecular formula is C99H166Cl2F3N11O30PS2+3. The Morgan fingerprint density at radius 3 is 1.33 bits per heavy atom. The van der Waals surface area contributed by atoms with Crippen molar-refractivity contribution in [3.05, 3.63) is 185 Å². The Hall–Kier alpha value is -8.57. The number of halogens is 5. The predicted molar refractivity (Wildman–Crippen MR) is 543 cm³/mol. The van der Waals surface area contributed by atoms with Gasteiger partial charge in [0.1, 0.15) is 26.7 Å². The molecule has 4 bridgehead atoms. The Bertz CT molecular complexity index is 4740. The van der Waals surface area contributed by atoms with Gasteiger partial charge in [0.15, 0.2) is 24.3 Å². The summed E-state index contributed by atoms with van der Waals surface area (Å²) in [5.74, 6) is -6.68. The minimum Gasteiger partial charge on any atom is -1.00 e. The van der Waals surface area contributed by atoms with Gasteiger partial charge in [-0.3, -0.25) is 62.2 Å². The van der Waals surface area contributed by atoms with E-state index < -0.39 is 63.9 Å². The van der Waals surface area contributed by atoms with Gasteiger partial charge in [-0.2, -0.15) is 30.0 Å². The number of carboxylic acid groups (broad SMARTS) is 5. The highest BCUT2D eigenvalue weighted by Gasteiger charge is 2.40. The molecule has 6 aliphatic heterocycles. The molecule has 1 amide bonds. The molecule has 6 saturated heterocycles. The van der Waals surface area contributed by atoms with Gasteiger partial charge >= 0.3 is 43.6 Å². The highest BCUT2D eigenvalue weighted by Crippen LogP contribution is 2.35. The van der Waals surface area contributed by atoms with E-state index in [1.807, 2.05) is 96.3 Å². The van der Waals surface area contributed by atoms with Crippen LogP contribution in [0.15, 0.2) is 145 Å². The lowest BCUT2D eigenvalue weighted by Gasteiger charge is -2.50. The van der Waals surface area contributed by atoms with E-state index in [1.165, 1.54) is 153 Å². The summed E-state index contributed by atoms with van der Waals surface area (Å²) in [6.07, 6.45) is 11.4. The number of aromatic hydroxyl groups is 1. The van der Waals surface area contributed by atoms with Crippen LogP contribution >= 0.6 is 7.60 Å². The average Bonchev–Trinajstić information content (AvgIpc) is 0.794. The smallest absolute Gasteiger partial charge is 0.490 e. The second kappa shape index (κ2) is 82.1. The molecule has 3 aromatic carbocycles. The Labute approximate surface area is 884 Å². The Morgan fingerprint density at radius 1 is 0.507 bits per heavy atom. The van der Waals surface area contributed by atoms with Crippen molar-refractivity contribution in [2.24, 2.45) is 7.05 Å². The molecule has 3 aromatic heterocycles. The summed E-state index contributed by atoms with van der Waals surface area (Å²) in [5, 5.41) is 53.9. The third kappa shape index (κ3) is 74.4. The zero-order chi connectivity index (χ0) is 110. The van der Waals surface area contributed by atoms with Crippen LogP contribution in [0.4, 0.5) is 13.2 Å². The van der Waals surface area contributed by atoms with Crippen LogP contribution in [0.2, 0.25) is 0 Å². The van der Waals surface area contributed by atoms with Crippen LogP contribution in [0.25, 0.3) is 0 Å². The minimum atomic E-state index is -5.08. The first-order valence-corrected chi connectivity index (χ1v) is 53.2. The molecule has 0 aliphatic carbocycles. The van der Waals surface area contributed by atoms with Gasteiger partial charge in [0.25, 0.3) is 26.1 Å². The van der Waals surface area contributed by atoms with Crippen LogP contribution in [0.3, 0.4) is 0 Å². The zero-order valence-electron chi connectivity index (χ0n) is 88.4. The fraction of sp³-hybridized carbons (Fsp3) is 0.606. The molecule has 6 aliphatic rings. The topological polar surface area (TPSA) is 519 Å². The molecule has 0 unspecified atom stereocenters. The number of unbranched alkanes of at least 4 members (excludes halogenated alkanes) is 5. The number of benzene rings is 3. The molecular weight excluding hydrogens is 2050 g/mol. The third-order valence-corrected chi connectivity index (χ3v) is 24.9. The van der Waals surface area contributed by atoms with E-state index in [2.05, 4.69) is 53.0 Å². The maximum Gasteiger partial charge on any atom is 0.490 e. The quantitative estimate of drug-likeness (QED) is 0.00858. The molecule has 0 atom stereocenters. The van der Waals surface area contributed by atoms with Gasteiger partial charge in [-0.15, -0.1) is 0 Å². The van der Waals surface area contributed by atoms with E-state index in [9.17, 15) is 63.7 Å². The first-order valence-electron chi connectivity index (χ1n) is 48.1. The van der Waals surface area contributed by atoms with Crippen molar-refractivity contribution >= 4 is 63.6 Å². The number of nitrogens with one attached hydrogen (secondary N) is 1. The fourth-order valence-corrected chi connectivity index (χ4v) is 16.0. The van der Waals surface area contributed by atoms with Gasteiger partial charge in [0.05, 0.1) is 174 Å². The predicted octanol–water partition coefficient (Wildman–Crippen LogP) is 2.32. The summed E-state index contributed by atoms with van der Waals surface area (Å²) >= 11 is 0. The largest absolute Gasteiger partial charge is 1.00 e. The molecule has 0 saturated carbocycles. The lowest BCUT2D eigenvalue weighted by Crippen LogP contribution is -3.00. The molecule has 9 heterocycles. The molecule has 0 spiro atoms. The number of methoxy groups -OCH3 is 7. The van der Waals surface area contributed by atoms with Crippen LogP contribution in [-0.2, 0) is 144 Å². The van der Waals surface area contributed by atoms with E-state index in [4.69, 9.17) is 91.9 Å². The number of alkyl halides is 3. The van der Waals surface area contributed by atoms with E-state index in [0.717, 1.165) is 111 Å². The number of aromatic nitrogens is 3. The number of rotatable bonds is 51. The molecule has 41 nitrogen and oxygen atoms in total. The maximum atomic E-state index is 11.5. The third-order valence-electron chi connectivity index (χ3n) is 23.1. The van der Waals surface area contributed by atoms with Gasteiger partial charge in [-0.25, -0.2) is 13.9 Å². The summed E-state index contributed by atoms with van der Waals surface area (Å²) in [6.45, 7) is 39.0. The lowest BCUT2D eigenvalue weighted by molar-refractivity contribution is -0.953. The summed E-state index contributed by atoms with van der Waals surface area (Å²) in [5.41, 5.74) is 7.45. The van der Waals surface area contributed by atoms with E-state index in [-0.39, 0.29) is 81.0 Å². The number of hydrogen-bond donors (Lipinski definition) is 11. The van der Waals surface area contributed by atoms with Crippen molar-refractivity contribution in [2.45, 2.75) is 136 Å². The Kier molecular flexibility index (Phi) is 79.7. The van der Waals surface area contributed by atoms with Crippen molar-refractivity contribution in [1.82, 2.24) is 29.9 Å². The Balaban J connectivity index is -0.00000158. The van der Waals surface area contributed by atoms with Crippen molar-refractivity contribution in [3.8, 4) is 5.75 Å². The lowest BCUT2D eigenvalue weighted by atomic mass is 10.1. The van der Waals surface area contributed by atoms with Crippen molar-refractivity contribution < 1.29 is 203 Å². The number of quaternary nitrogens is 3. The highest BCUT2D eigenvalue weighted by atomic mass is 35.5. The Morgan fingerprint density at radius 2 is 0.912 bits per heavy atom. The normalized spacial score (nSPS) is 15.6. The molecule has 49 heteroatoms. The molecule has 12 rings (SSSR count). The molecule has 11 N–H and O–H groups in total. The summed E-state index contributed by atoms with van der Waals surface area (Å²) in [7, 11) is 3.94. The minimum absolute atomic E-state index is 0. The second-order valence-corrected chi connectivity index (χ2v) is 39.6. The number of ether oxygens (including phenoxy) is 9. The number of piperazine rings is 6. The summed E-state index contributed by atoms with van der Waals surface area (Å²) < 4.78 is 151. The van der Waals surface area contributed by atoms with E-state index in [0.29, 0.717) is 76.1 Å². The van der Waals surface area contributed by atoms with Crippen LogP contribution < -0.4 is 39.3 Å². The highest BCUT2D eigenvalue weighted by molar-refractivity contribution is 7.85. The van der Waals surface area contributed by atoms with Crippen LogP contribution in [-0.4, -0.2) is 406 Å². The van der Waals surface area contributed by atoms with Gasteiger partial charge in [-0.1, -0.05) is 73.0 Å². The van der Waals surface area contributed by atoms with Gasteiger partial charge < -0.3 is 127 Å². The molecule has 148 heavy (non-hydrogen) atoms. The summed E-state index contributed by atoms with van der Waals surface area (Å²) in [6, 6.07) is 34.4. The number of fused-ring (bicyclic) bond motifs is 6. The van der Waals surface area contributed by atoms with Gasteiger partial charge in [-0.05, 0) is 113 Å². The van der Waals surface area contributed by atoms with Gasteiger partial charge in [0.2, 0.25) is 6.20 Å². The van der Waals surface area contributed by atoms with E-state index >= 15 is 0 Å². The standard InChI is InChI=1S/C15H21N3O.C13H17NO5.C13H30NO3.C12H16N2O5.C11H17NO2.C10H21N2O.C8H12NO.C7H17O4P.C7H8O3S.C2HF3O2.CH4O3S.2ClH/c1-16-15(19)14-4-2-13(3-5-14)12-18-9-6-17(7-10-18)8-11-18;1-19-9-11-4-2-10(3-5-11)6-14(7-12(15)16)8-13(17)18;1-5-14(6-2,7-3)8-9-16-12-13-17-11-10-15-4;1-19-8-10-4-2-3-9(13-10)5-14(6-11(15)16)7-12(17)18;1-14-9-4-2-3-7-12-8-5-6-11(13)10-12;1-13-10-2-6-12-7-3-11(4-8-12)5-9-12;1-9-5-3-8(4-6-9)7-10-2;1-11-6-4-2-3-5-7-12(8,9)10;1-6-2-4-7(5-3-6)11(8,9)10;3-2(4,5)1(6)7;1-5(2,3)4;;/h2-5H,6-12H2,1H3;2-5H,6-9H2,1H3,(H,15,16)(H,17,18);5-13H2,1-4H3;2-4H,5-8H2,1H3,(H,15,16)(H,17,18);5-6,8,10H,2-4,7,9H2,1H3;2-10H2,1H3;3-6H,7H2,1-2H3;2-7H2,1H3,(H2,8,9,10);2-5H,1H3,(H,8,9,10);(H,6,7);1H3,(H,2,3,4);2*1H/q;;+1;;;2*+1;;;;;;. The number of likely N-dealkylation sites (N-methyl/N-ethyl adjacent to an activating group) is 1. The molecule has 6 fully saturated rings. The van der Waals surface area contributed by atoms with Crippen LogP contribution in [0.1, 0.15) is 122 Å². The number of amides is 1. The molecule has 6 aromatic rings. The second-order valence-electron chi connectivity index (χ2n) is 34.9. The maximum absolute atomic E-state index is 11.5. The number of aryl methyl sites for hydroxylation is 3. The average molecular weight is 2210 g/mol. The first kappa shape index (κ1) is 144. The fourth-order valence-electron chi connectivity index (χ4n) is 14.9. The number of carboxylic acids is 5. The SMILES string of the molecule is CC[N+](CC)(CC)CCOCCOCCOC.CNC(=O)c1ccc(C[N+]23CCN(CC2)CC3)cc1.COCCCCCCP(=O)(O)O.COCCCCC[n+]1cccc(O)c1.COCCC[N+]12CCN(CC1)CC2.COCc1cc[n+](C)cc1.COCc1ccc(CN(CC(=O)O)CC(=O)O)cc1.COCc1cccc(CN(CC(=O)O)CC(=O)O)n1.CS(=O)(=O)O.Cc1ccc(S(=O)(=O)O)cc1.O=C(O)C(F)(F)F.[Cl-].[Cl-]. The number of pyridine rings is 3. The van der Waals surface area contributed by atoms with Crippen LogP contribution in [0, 0.1) is 6.92 Å². The van der Waals surface area contributed by atoms with Crippen LogP contribution in [0.5, 0.6) is 5.75 Å². The van der Waals surface area contributed by atoms with Gasteiger partial charge in [0, 0.05) is 171 Å². The number of hydrogen-bond acceptors (Lipinski definition) is 26. The van der Waals surface area contributed by atoms with Crippen molar-refractivity contribution in [1.29, 1.82) is 0 Å². The number of carbonyl (C=O) groups is 6. The zero-order valence-corrected chi connectivity index (χ0v) is 92.4. The summed E-state index contributed by atoms with van der Waals surface area (Å²) in [4.78, 5) is 92.1. The number of nitrogens with zero attached hydrogens (tertiary/aromatic N) is 10. The first-order chi connectivity index (χ1) is 69.0. The van der Waals surface area contributed by atoms with E-state index in [1.54, 1.807) is 99.4 Å². The monoisotopic (exact) mass is 2210 g/mol. The number of aliphatic carboxylic acids is 5. The van der Waals surface area contributed by atoms with Crippen molar-refractivity contribution in [2.75, 3.05) is 260 Å². The molecule has 0 radical (unpaired) electrons. The molecule has 846 valence electrons. The van der Waals surface area contributed by atoms with Crippen molar-refractivity contribution in [3.63, 3.8) is 0 Å².